The minimum atomic E-state index is -0.0887. The Labute approximate surface area is 102 Å². The lowest BCUT2D eigenvalue weighted by atomic mass is 10.1. The smallest absolute Gasteiger partial charge is 0.252 e. The molecule has 0 fully saturated rings. The summed E-state index contributed by atoms with van der Waals surface area (Å²) in [6, 6.07) is 3.59. The zero-order valence-corrected chi connectivity index (χ0v) is 10.4. The molecule has 94 valence electrons. The molecule has 4 nitrogen and oxygen atoms in total. The zero-order chi connectivity index (χ0) is 12.7. The first-order valence-electron chi connectivity index (χ1n) is 5.95. The van der Waals surface area contributed by atoms with E-state index in [1.165, 1.54) is 0 Å². The van der Waals surface area contributed by atoms with E-state index in [0.29, 0.717) is 18.0 Å². The van der Waals surface area contributed by atoms with Gasteiger partial charge in [-0.15, -0.1) is 0 Å². The van der Waals surface area contributed by atoms with E-state index in [0.717, 1.165) is 18.5 Å². The number of rotatable bonds is 6. The van der Waals surface area contributed by atoms with Gasteiger partial charge in [0.25, 0.3) is 5.91 Å². The highest BCUT2D eigenvalue weighted by molar-refractivity contribution is 5.93. The molecule has 1 amide bonds. The average molecular weight is 236 g/mol. The molecule has 1 rings (SSSR count). The summed E-state index contributed by atoms with van der Waals surface area (Å²) in [5, 5.41) is 11.7. The number of hydrogen-bond acceptors (Lipinski definition) is 3. The summed E-state index contributed by atoms with van der Waals surface area (Å²) in [6.45, 7) is 4.72. The van der Waals surface area contributed by atoms with Gasteiger partial charge in [0.05, 0.1) is 5.56 Å². The Morgan fingerprint density at radius 2 is 2.29 bits per heavy atom. The Bertz CT molecular complexity index is 349. The van der Waals surface area contributed by atoms with Crippen molar-refractivity contribution in [2.75, 3.05) is 13.2 Å². The molecule has 0 radical (unpaired) electrons. The SMILES string of the molecule is Cc1ccc(C(=O)NCCCC(C)CO)cn1. The normalized spacial score (nSPS) is 12.2. The fourth-order valence-electron chi connectivity index (χ4n) is 1.45. The van der Waals surface area contributed by atoms with Gasteiger partial charge in [-0.1, -0.05) is 6.92 Å². The molecule has 1 unspecified atom stereocenters. The van der Waals surface area contributed by atoms with Gasteiger partial charge in [-0.05, 0) is 37.8 Å². The molecule has 0 aromatic carbocycles. The van der Waals surface area contributed by atoms with E-state index >= 15 is 0 Å². The number of aryl methyl sites for hydroxylation is 1. The van der Waals surface area contributed by atoms with E-state index in [9.17, 15) is 4.79 Å². The quantitative estimate of drug-likeness (QED) is 0.736. The van der Waals surface area contributed by atoms with Crippen LogP contribution in [0.5, 0.6) is 0 Å². The number of hydrogen-bond donors (Lipinski definition) is 2. The summed E-state index contributed by atoms with van der Waals surface area (Å²) in [5.41, 5.74) is 1.49. The van der Waals surface area contributed by atoms with Gasteiger partial charge in [0.15, 0.2) is 0 Å². The second-order valence-electron chi connectivity index (χ2n) is 4.37. The van der Waals surface area contributed by atoms with Gasteiger partial charge >= 0.3 is 0 Å². The maximum atomic E-state index is 11.7. The van der Waals surface area contributed by atoms with E-state index in [4.69, 9.17) is 5.11 Å². The summed E-state index contributed by atoms with van der Waals surface area (Å²) >= 11 is 0. The molecule has 4 heteroatoms. The second kappa shape index (κ2) is 7.01. The number of aliphatic hydroxyl groups is 1. The molecule has 0 aliphatic heterocycles. The van der Waals surface area contributed by atoms with Crippen molar-refractivity contribution < 1.29 is 9.90 Å². The number of pyridine rings is 1. The molecular formula is C13H20N2O2. The fraction of sp³-hybridized carbons (Fsp3) is 0.538. The van der Waals surface area contributed by atoms with Crippen molar-refractivity contribution in [3.05, 3.63) is 29.6 Å². The molecule has 0 spiro atoms. The second-order valence-corrected chi connectivity index (χ2v) is 4.37. The van der Waals surface area contributed by atoms with Crippen LogP contribution < -0.4 is 5.32 Å². The van der Waals surface area contributed by atoms with Crippen LogP contribution in [0.4, 0.5) is 0 Å². The van der Waals surface area contributed by atoms with Crippen LogP contribution in [-0.4, -0.2) is 29.1 Å². The molecule has 1 heterocycles. The first-order valence-corrected chi connectivity index (χ1v) is 5.95. The van der Waals surface area contributed by atoms with E-state index in [1.54, 1.807) is 12.3 Å². The third-order valence-corrected chi connectivity index (χ3v) is 2.64. The van der Waals surface area contributed by atoms with Gasteiger partial charge in [-0.25, -0.2) is 0 Å². The summed E-state index contributed by atoms with van der Waals surface area (Å²) in [4.78, 5) is 15.7. The minimum absolute atomic E-state index is 0.0887. The number of carbonyl (C=O) groups excluding carboxylic acids is 1. The lowest BCUT2D eigenvalue weighted by molar-refractivity contribution is 0.0951. The molecule has 0 bridgehead atoms. The predicted octanol–water partition coefficient (Wildman–Crippen LogP) is 1.53. The van der Waals surface area contributed by atoms with Crippen LogP contribution in [0.2, 0.25) is 0 Å². The third-order valence-electron chi connectivity index (χ3n) is 2.64. The van der Waals surface area contributed by atoms with Crippen LogP contribution in [0.3, 0.4) is 0 Å². The number of amides is 1. The molecule has 0 saturated carbocycles. The lowest BCUT2D eigenvalue weighted by Crippen LogP contribution is -2.25. The molecule has 2 N–H and O–H groups in total. The fourth-order valence-corrected chi connectivity index (χ4v) is 1.45. The Balaban J connectivity index is 2.28. The van der Waals surface area contributed by atoms with Crippen molar-refractivity contribution in [1.29, 1.82) is 0 Å². The number of aromatic nitrogens is 1. The van der Waals surface area contributed by atoms with Crippen LogP contribution >= 0.6 is 0 Å². The molecule has 17 heavy (non-hydrogen) atoms. The van der Waals surface area contributed by atoms with Crippen molar-refractivity contribution in [2.24, 2.45) is 5.92 Å². The standard InChI is InChI=1S/C13H20N2O2/c1-10(9-16)4-3-7-14-13(17)12-6-5-11(2)15-8-12/h5-6,8,10,16H,3-4,7,9H2,1-2H3,(H,14,17). The van der Waals surface area contributed by atoms with Crippen molar-refractivity contribution in [3.8, 4) is 0 Å². The maximum Gasteiger partial charge on any atom is 0.252 e. The number of aliphatic hydroxyl groups excluding tert-OH is 1. The van der Waals surface area contributed by atoms with Crippen LogP contribution in [0.15, 0.2) is 18.3 Å². The Morgan fingerprint density at radius 1 is 1.53 bits per heavy atom. The molecule has 1 aromatic heterocycles. The first-order chi connectivity index (χ1) is 8.13. The maximum absolute atomic E-state index is 11.7. The van der Waals surface area contributed by atoms with Crippen molar-refractivity contribution in [2.45, 2.75) is 26.7 Å². The van der Waals surface area contributed by atoms with Crippen LogP contribution in [0.25, 0.3) is 0 Å². The average Bonchev–Trinajstić information content (AvgIpc) is 2.34. The van der Waals surface area contributed by atoms with Gasteiger partial charge in [-0.2, -0.15) is 0 Å². The topological polar surface area (TPSA) is 62.2 Å². The van der Waals surface area contributed by atoms with Crippen LogP contribution in [0, 0.1) is 12.8 Å². The molecule has 0 aliphatic carbocycles. The Morgan fingerprint density at radius 3 is 2.88 bits per heavy atom. The number of carbonyl (C=O) groups is 1. The largest absolute Gasteiger partial charge is 0.396 e. The molecule has 0 aliphatic rings. The Hall–Kier alpha value is -1.42. The predicted molar refractivity (Wildman–Crippen MR) is 66.8 cm³/mol. The van der Waals surface area contributed by atoms with Gasteiger partial charge in [0.1, 0.15) is 0 Å². The van der Waals surface area contributed by atoms with Gasteiger partial charge < -0.3 is 10.4 Å². The monoisotopic (exact) mass is 236 g/mol. The molecular weight excluding hydrogens is 216 g/mol. The number of nitrogens with one attached hydrogen (secondary N) is 1. The van der Waals surface area contributed by atoms with Crippen LogP contribution in [0.1, 0.15) is 35.8 Å². The van der Waals surface area contributed by atoms with Gasteiger partial charge in [0.2, 0.25) is 0 Å². The highest BCUT2D eigenvalue weighted by atomic mass is 16.3. The summed E-state index contributed by atoms with van der Waals surface area (Å²) in [6.07, 6.45) is 3.39. The van der Waals surface area contributed by atoms with Crippen molar-refractivity contribution in [3.63, 3.8) is 0 Å². The number of nitrogens with zero attached hydrogens (tertiary/aromatic N) is 1. The van der Waals surface area contributed by atoms with Gasteiger partial charge in [-0.3, -0.25) is 9.78 Å². The molecule has 1 atom stereocenters. The first kappa shape index (κ1) is 13.6. The van der Waals surface area contributed by atoms with Crippen molar-refractivity contribution >= 4 is 5.91 Å². The molecule has 1 aromatic rings. The lowest BCUT2D eigenvalue weighted by Gasteiger charge is -2.08. The van der Waals surface area contributed by atoms with Crippen molar-refractivity contribution in [1.82, 2.24) is 10.3 Å². The Kier molecular flexibility index (Phi) is 5.63. The highest BCUT2D eigenvalue weighted by Crippen LogP contribution is 2.03. The summed E-state index contributed by atoms with van der Waals surface area (Å²) < 4.78 is 0. The zero-order valence-electron chi connectivity index (χ0n) is 10.4. The minimum Gasteiger partial charge on any atom is -0.396 e. The van der Waals surface area contributed by atoms with E-state index in [2.05, 4.69) is 10.3 Å². The van der Waals surface area contributed by atoms with Crippen LogP contribution in [-0.2, 0) is 0 Å². The van der Waals surface area contributed by atoms with E-state index < -0.39 is 0 Å². The van der Waals surface area contributed by atoms with E-state index in [-0.39, 0.29) is 12.5 Å². The van der Waals surface area contributed by atoms with E-state index in [1.807, 2.05) is 19.9 Å². The van der Waals surface area contributed by atoms with Gasteiger partial charge in [0, 0.05) is 25.0 Å². The highest BCUT2D eigenvalue weighted by Gasteiger charge is 2.05. The summed E-state index contributed by atoms with van der Waals surface area (Å²) in [5.74, 6) is 0.210. The third kappa shape index (κ3) is 4.95. The molecule has 0 saturated heterocycles. The summed E-state index contributed by atoms with van der Waals surface area (Å²) in [7, 11) is 0.